The Hall–Kier alpha value is -14.8. The van der Waals surface area contributed by atoms with Crippen LogP contribution in [-0.4, -0.2) is 327 Å². The Bertz CT molecular complexity index is 5810. The van der Waals surface area contributed by atoms with Crippen LogP contribution in [0.25, 0.3) is 32.7 Å². The lowest BCUT2D eigenvalue weighted by atomic mass is 9.98. The summed E-state index contributed by atoms with van der Waals surface area (Å²) >= 11 is 0.744. The zero-order valence-corrected chi connectivity index (χ0v) is 78.2. The van der Waals surface area contributed by atoms with Crippen molar-refractivity contribution < 1.29 is 102 Å². The SMILES string of the molecule is CCCC[C@H]1C(=O)N[C@@H](CN)C(=O)N[C@H](C(=O)NCC(N)=O)CSCC(=O)N[C@@H](Cc2ccc(O)cc2)C(=O)N(C)[C@@H](C)C(=O)N[C@H](CC(N)=O)C(=O)N2CCC[C@H]2C(=O)N[C@@H](Cc2c[nH]cn2)C(=O)N[C@@H](CCC(=O)O)C(=O)N2C[C@H](O)C[C@H]2C(=O)N[C@@H](Cc2c[nH]c3ccccc23)C(=O)N[C@@H](CCN)C(=O)N[C@@H](Cc2c[nH]c3ccccc23)C(=O)N(C)[C@@H](Cc2c[nH]c3ccccc23)C(=O)N1C. The highest BCUT2D eigenvalue weighted by Gasteiger charge is 2.47. The van der Waals surface area contributed by atoms with Gasteiger partial charge in [-0.1, -0.05) is 86.5 Å². The second kappa shape index (κ2) is 48.8. The van der Waals surface area contributed by atoms with E-state index in [1.54, 1.807) is 91.4 Å². The first kappa shape index (κ1) is 105. The first-order valence-corrected chi connectivity index (χ1v) is 46.9. The van der Waals surface area contributed by atoms with Gasteiger partial charge in [0.15, 0.2) is 0 Å². The minimum Gasteiger partial charge on any atom is -0.508 e. The summed E-state index contributed by atoms with van der Waals surface area (Å²) in [6.45, 7) is 0.662. The van der Waals surface area contributed by atoms with E-state index in [-0.39, 0.29) is 75.9 Å². The van der Waals surface area contributed by atoms with E-state index >= 15 is 38.4 Å². The maximum Gasteiger partial charge on any atom is 0.303 e. The Kier molecular flexibility index (Phi) is 36.7. The third-order valence-corrected chi connectivity index (χ3v) is 26.1. The molecule has 0 unspecified atom stereocenters. The number of nitrogens with zero attached hydrogens (tertiary/aromatic N) is 6. The predicted octanol–water partition coefficient (Wildman–Crippen LogP) is -3.52. The molecule has 139 heavy (non-hydrogen) atoms. The van der Waals surface area contributed by atoms with Crippen molar-refractivity contribution in [3.63, 3.8) is 0 Å². The maximum absolute atomic E-state index is 16.2. The number of amides is 17. The molecule has 0 aliphatic carbocycles. The molecule has 0 saturated carbocycles. The molecule has 8 aromatic rings. The molecule has 0 bridgehead atoms. The van der Waals surface area contributed by atoms with Crippen LogP contribution >= 0.6 is 11.8 Å². The summed E-state index contributed by atoms with van der Waals surface area (Å²) in [6, 6.07) is 3.86. The average molecular weight is 1940 g/mol. The summed E-state index contributed by atoms with van der Waals surface area (Å²) in [7, 11) is 3.86. The number of carbonyl (C=O) groups excluding carboxylic acids is 17. The molecule has 11 rings (SSSR count). The van der Waals surface area contributed by atoms with E-state index in [0.29, 0.717) is 67.8 Å². The number of carbonyl (C=O) groups is 18. The zero-order valence-electron chi connectivity index (χ0n) is 77.4. The Morgan fingerprint density at radius 3 is 1.60 bits per heavy atom. The van der Waals surface area contributed by atoms with Gasteiger partial charge >= 0.3 is 5.97 Å². The standard InChI is InChI=1S/C93H120N24O21S/c1-6-7-21-72-86(131)111-70(39-95)85(130)112-71(81(126)102-44-77(97)121)46-139-47-78(122)104-67(32-50-23-25-55(118)26-24-50)89(134)113(3)49(2)80(125)109-69(38-76(96)120)92(137)116-31-14-22-73(116)87(132)108-66(36-54-43-98-48-103-54)84(129)106-64(27-28-79(123)124)91(136)117-45-56(119)37-74(117)88(133)107-65(33-51-40-99-60-18-11-8-15-57(51)60)83(128)105-63(29-30-94)82(127)110-68(34-52-41-100-61-19-12-9-16-58(52)61)90(135)115(5)75(93(138)114(72)4)35-53-42-101-62-20-13-10-17-59(53)62/h8-13,15-20,23-26,40-43,48-49,56,63-75,99-101,118-119H,6-7,14,21-22,27-39,44-47,94-95H2,1-5H3,(H2,96,120)(H2,97,121)(H,98,103)(H,102,126)(H,104,122)(H,105,128)(H,106,129)(H,107,133)(H,108,132)(H,109,125)(H,110,127)(H,111,131)(H,112,130)(H,123,124)/t49-,56+,63-,64-,65-,66-,67-,68-,69+,70-,71-,72-,73-,74-,75-/m0/s1. The number of aromatic amines is 4. The van der Waals surface area contributed by atoms with Crippen molar-refractivity contribution in [2.24, 2.45) is 22.9 Å². The highest BCUT2D eigenvalue weighted by molar-refractivity contribution is 8.00. The minimum atomic E-state index is -1.85. The lowest BCUT2D eigenvalue weighted by molar-refractivity contribution is -0.149. The molecule has 45 nitrogen and oxygen atoms in total. The molecular weight excluding hydrogens is 1820 g/mol. The number of primary amides is 2. The van der Waals surface area contributed by atoms with Gasteiger partial charge in [-0.25, -0.2) is 4.98 Å². The van der Waals surface area contributed by atoms with Gasteiger partial charge in [-0.05, 0) is 98.2 Å². The van der Waals surface area contributed by atoms with E-state index in [1.807, 2.05) is 6.92 Å². The number of carboxylic acids is 1. The number of rotatable bonds is 24. The number of likely N-dealkylation sites (N-methyl/N-ethyl adjacent to an activating group) is 3. The van der Waals surface area contributed by atoms with Gasteiger partial charge in [0.1, 0.15) is 90.3 Å². The largest absolute Gasteiger partial charge is 0.508 e. The van der Waals surface area contributed by atoms with Crippen LogP contribution in [0.2, 0.25) is 0 Å². The molecule has 4 aromatic heterocycles. The van der Waals surface area contributed by atoms with Crippen LogP contribution in [0.4, 0.5) is 0 Å². The monoisotopic (exact) mass is 1940 g/mol. The van der Waals surface area contributed by atoms with E-state index in [9.17, 15) is 63.3 Å². The number of phenols is 1. The number of unbranched alkanes of at least 4 members (excludes halogenated alkanes) is 1. The van der Waals surface area contributed by atoms with Crippen molar-refractivity contribution in [3.05, 3.63) is 156 Å². The van der Waals surface area contributed by atoms with Crippen LogP contribution in [0.15, 0.2) is 128 Å². The number of benzene rings is 4. The van der Waals surface area contributed by atoms with Gasteiger partial charge in [-0.15, -0.1) is 11.8 Å². The van der Waals surface area contributed by atoms with Crippen LogP contribution in [0.5, 0.6) is 5.75 Å². The van der Waals surface area contributed by atoms with E-state index in [4.69, 9.17) is 22.9 Å². The Morgan fingerprint density at radius 1 is 0.511 bits per heavy atom. The van der Waals surface area contributed by atoms with E-state index < -0.39 is 260 Å². The lowest BCUT2D eigenvalue weighted by Crippen LogP contribution is -2.62. The number of fused-ring (bicyclic) bond motifs is 5. The summed E-state index contributed by atoms with van der Waals surface area (Å²) in [4.78, 5) is 286. The normalized spacial score (nSPS) is 24.4. The van der Waals surface area contributed by atoms with Crippen molar-refractivity contribution in [3.8, 4) is 5.75 Å². The van der Waals surface area contributed by atoms with Gasteiger partial charge in [0, 0.05) is 149 Å². The second-order valence-electron chi connectivity index (χ2n) is 34.8. The molecule has 15 atom stereocenters. The average Bonchev–Trinajstić information content (AvgIpc) is 1.77. The summed E-state index contributed by atoms with van der Waals surface area (Å²) in [6.07, 6.45) is 2.12. The maximum atomic E-state index is 16.2. The van der Waals surface area contributed by atoms with Gasteiger partial charge in [0.25, 0.3) is 0 Å². The Morgan fingerprint density at radius 2 is 1.03 bits per heavy atom. The molecule has 25 N–H and O–H groups in total. The van der Waals surface area contributed by atoms with Crippen molar-refractivity contribution in [2.75, 3.05) is 65.4 Å². The van der Waals surface area contributed by atoms with E-state index in [1.165, 1.54) is 64.9 Å². The van der Waals surface area contributed by atoms with Gasteiger partial charge < -0.3 is 136 Å². The number of imidazole rings is 1. The summed E-state index contributed by atoms with van der Waals surface area (Å²) in [5.41, 5.74) is 27.6. The molecule has 3 saturated heterocycles. The summed E-state index contributed by atoms with van der Waals surface area (Å²) in [5, 5.41) is 59.9. The number of H-pyrrole nitrogens is 4. The highest BCUT2D eigenvalue weighted by Crippen LogP contribution is 2.29. The highest BCUT2D eigenvalue weighted by atomic mass is 32.2. The zero-order chi connectivity index (χ0) is 101. The topological polar surface area (TPSA) is 685 Å². The van der Waals surface area contributed by atoms with Crippen LogP contribution in [0.1, 0.15) is 106 Å². The number of nitrogens with two attached hydrogens (primary N) is 4. The predicted molar refractivity (Wildman–Crippen MR) is 506 cm³/mol. The quantitative estimate of drug-likeness (QED) is 0.0279. The summed E-state index contributed by atoms with van der Waals surface area (Å²) in [5.74, 6) is -19.5. The van der Waals surface area contributed by atoms with Crippen molar-refractivity contribution >= 4 is 151 Å². The first-order chi connectivity index (χ1) is 66.4. The number of hydrogen-bond donors (Lipinski definition) is 21. The first-order valence-electron chi connectivity index (χ1n) is 45.7. The number of para-hydroxylation sites is 3. The number of aromatic nitrogens is 5. The molecular formula is C93H120N24O21S. The van der Waals surface area contributed by atoms with Gasteiger partial charge in [0.05, 0.1) is 36.8 Å². The van der Waals surface area contributed by atoms with Crippen LogP contribution in [0, 0.1) is 0 Å². The van der Waals surface area contributed by atoms with Crippen LogP contribution < -0.4 is 76.1 Å². The molecule has 3 aliphatic rings. The van der Waals surface area contributed by atoms with Gasteiger partial charge in [0.2, 0.25) is 100 Å². The fraction of sp³-hybridized carbons (Fsp3) is 0.452. The molecule has 3 fully saturated rings. The third-order valence-electron chi connectivity index (χ3n) is 25.0. The molecule has 3 aliphatic heterocycles. The number of aliphatic hydroxyl groups excluding tert-OH is 1. The van der Waals surface area contributed by atoms with Gasteiger partial charge in [-0.2, -0.15) is 0 Å². The number of aliphatic carboxylic acids is 1. The second-order valence-corrected chi connectivity index (χ2v) is 35.9. The number of aromatic hydroxyl groups is 1. The molecule has 0 radical (unpaired) electrons. The molecule has 46 heteroatoms. The molecule has 744 valence electrons. The molecule has 4 aromatic carbocycles. The Balaban J connectivity index is 0.967. The summed E-state index contributed by atoms with van der Waals surface area (Å²) < 4.78 is 0. The molecule has 17 amide bonds. The third kappa shape index (κ3) is 27.4. The number of phenolic OH excluding ortho intramolecular Hbond substituents is 1. The Labute approximate surface area is 802 Å². The molecule has 0 spiro atoms. The number of nitrogens with one attached hydrogen (secondary N) is 14. The number of hydrogen-bond acceptors (Lipinski definition) is 24. The smallest absolute Gasteiger partial charge is 0.303 e. The lowest BCUT2D eigenvalue weighted by Gasteiger charge is -2.36. The van der Waals surface area contributed by atoms with Crippen molar-refractivity contribution in [2.45, 2.75) is 201 Å². The fourth-order valence-corrected chi connectivity index (χ4v) is 18.2. The van der Waals surface area contributed by atoms with E-state index in [2.05, 4.69) is 78.1 Å². The fourth-order valence-electron chi connectivity index (χ4n) is 17.3. The van der Waals surface area contributed by atoms with Gasteiger partial charge in [-0.3, -0.25) is 86.3 Å². The van der Waals surface area contributed by atoms with Crippen LogP contribution in [0.3, 0.4) is 0 Å². The minimum absolute atomic E-state index is 0.0542. The van der Waals surface area contributed by atoms with Crippen molar-refractivity contribution in [1.29, 1.82) is 0 Å². The number of thioether (sulfide) groups is 1. The molecule has 7 heterocycles. The van der Waals surface area contributed by atoms with E-state index in [0.717, 1.165) is 36.3 Å². The van der Waals surface area contributed by atoms with Crippen molar-refractivity contribution in [1.82, 2.24) is 103 Å². The van der Waals surface area contributed by atoms with Crippen LogP contribution in [-0.2, 0) is 118 Å². The number of carboxylic acid groups (broad SMARTS) is 1. The number of aliphatic hydroxyl groups is 1.